The van der Waals surface area contributed by atoms with Crippen molar-refractivity contribution in [1.29, 1.82) is 0 Å². The third kappa shape index (κ3) is 10.9. The second-order valence-electron chi connectivity index (χ2n) is 10.4. The number of aromatic nitrogens is 4. The molecular formula is C30H36N6O4S. The Morgan fingerprint density at radius 3 is 2.49 bits per heavy atom. The Morgan fingerprint density at radius 2 is 1.73 bits per heavy atom. The maximum atomic E-state index is 12.5. The van der Waals surface area contributed by atoms with Gasteiger partial charge >= 0.3 is 0 Å². The first kappa shape index (κ1) is 30.0. The van der Waals surface area contributed by atoms with E-state index in [1.165, 1.54) is 11.3 Å². The molecule has 0 radical (unpaired) electrons. The number of carbonyl (C=O) groups is 1. The molecule has 41 heavy (non-hydrogen) atoms. The predicted molar refractivity (Wildman–Crippen MR) is 159 cm³/mol. The van der Waals surface area contributed by atoms with Crippen molar-refractivity contribution >= 4 is 28.2 Å². The van der Waals surface area contributed by atoms with E-state index >= 15 is 0 Å². The van der Waals surface area contributed by atoms with Crippen LogP contribution in [0.4, 0.5) is 10.9 Å². The molecule has 2 aromatic carbocycles. The third-order valence-electron chi connectivity index (χ3n) is 5.95. The van der Waals surface area contributed by atoms with E-state index in [2.05, 4.69) is 31.0 Å². The number of rotatable bonds is 15. The van der Waals surface area contributed by atoms with E-state index in [1.54, 1.807) is 26.0 Å². The number of unbranched alkanes of at least 4 members (excludes halogenated alkanes) is 1. The highest BCUT2D eigenvalue weighted by atomic mass is 32.1. The number of aliphatic hydroxyl groups is 2. The molecule has 0 spiro atoms. The first-order chi connectivity index (χ1) is 19.7. The Hall–Kier alpha value is -3.93. The molecule has 0 aliphatic carbocycles. The van der Waals surface area contributed by atoms with Gasteiger partial charge in [0.05, 0.1) is 17.7 Å². The van der Waals surface area contributed by atoms with Crippen LogP contribution in [0.15, 0.2) is 66.7 Å². The Kier molecular flexibility index (Phi) is 10.7. The number of hydrogen-bond donors (Lipinski definition) is 4. The van der Waals surface area contributed by atoms with Crippen LogP contribution in [0.2, 0.25) is 0 Å². The zero-order chi connectivity index (χ0) is 29.1. The number of aryl methyl sites for hydroxylation is 2. The van der Waals surface area contributed by atoms with Crippen LogP contribution in [0.5, 0.6) is 5.75 Å². The molecule has 0 fully saturated rings. The van der Waals surface area contributed by atoms with E-state index in [0.717, 1.165) is 47.5 Å². The Balaban J connectivity index is 1.14. The molecule has 1 amide bonds. The molecule has 4 N–H and O–H groups in total. The van der Waals surface area contributed by atoms with Crippen molar-refractivity contribution in [2.45, 2.75) is 64.2 Å². The van der Waals surface area contributed by atoms with Crippen molar-refractivity contribution in [3.63, 3.8) is 0 Å². The maximum Gasteiger partial charge on any atom is 0.230 e. The molecule has 2 aromatic heterocycles. The minimum absolute atomic E-state index is 0.161. The lowest BCUT2D eigenvalue weighted by atomic mass is 10.1. The minimum atomic E-state index is -0.936. The van der Waals surface area contributed by atoms with E-state index in [9.17, 15) is 15.0 Å². The summed E-state index contributed by atoms with van der Waals surface area (Å²) in [5.41, 5.74) is 1.79. The van der Waals surface area contributed by atoms with Crippen molar-refractivity contribution in [2.75, 3.05) is 17.2 Å². The van der Waals surface area contributed by atoms with Gasteiger partial charge in [0, 0.05) is 12.8 Å². The topological polar surface area (TPSA) is 142 Å². The third-order valence-corrected chi connectivity index (χ3v) is 6.85. The number of carbonyl (C=O) groups excluding carboxylic acids is 1. The van der Waals surface area contributed by atoms with Gasteiger partial charge in [-0.25, -0.2) is 0 Å². The van der Waals surface area contributed by atoms with Gasteiger partial charge in [-0.2, -0.15) is 5.10 Å². The molecule has 0 saturated heterocycles. The average Bonchev–Trinajstić information content (AvgIpc) is 3.38. The number of hydrogen-bond acceptors (Lipinski definition) is 10. The zero-order valence-electron chi connectivity index (χ0n) is 23.3. The van der Waals surface area contributed by atoms with Crippen LogP contribution in [-0.4, -0.2) is 55.0 Å². The van der Waals surface area contributed by atoms with Crippen LogP contribution in [0.1, 0.15) is 48.5 Å². The van der Waals surface area contributed by atoms with Gasteiger partial charge in [-0.15, -0.1) is 15.3 Å². The van der Waals surface area contributed by atoms with E-state index in [0.29, 0.717) is 23.1 Å². The summed E-state index contributed by atoms with van der Waals surface area (Å²) in [4.78, 5) is 12.5. The molecule has 4 rings (SSSR count). The van der Waals surface area contributed by atoms with Gasteiger partial charge in [0.2, 0.25) is 11.0 Å². The zero-order valence-corrected chi connectivity index (χ0v) is 24.1. The summed E-state index contributed by atoms with van der Waals surface area (Å²) in [5, 5.41) is 44.0. The summed E-state index contributed by atoms with van der Waals surface area (Å²) < 4.78 is 5.60. The first-order valence-electron chi connectivity index (χ1n) is 13.6. The molecule has 1 unspecified atom stereocenters. The van der Waals surface area contributed by atoms with Gasteiger partial charge in [0.15, 0.2) is 5.82 Å². The minimum Gasteiger partial charge on any atom is -0.491 e. The second-order valence-corrected chi connectivity index (χ2v) is 11.5. The summed E-state index contributed by atoms with van der Waals surface area (Å²) in [7, 11) is 0. The lowest BCUT2D eigenvalue weighted by molar-refractivity contribution is -0.115. The number of amides is 1. The molecule has 4 aromatic rings. The van der Waals surface area contributed by atoms with Gasteiger partial charge in [0.25, 0.3) is 0 Å². The number of benzene rings is 2. The Morgan fingerprint density at radius 1 is 0.951 bits per heavy atom. The molecule has 1 atom stereocenters. The highest BCUT2D eigenvalue weighted by Crippen LogP contribution is 2.20. The van der Waals surface area contributed by atoms with Gasteiger partial charge in [-0.3, -0.25) is 4.79 Å². The van der Waals surface area contributed by atoms with E-state index < -0.39 is 11.8 Å². The first-order valence-corrected chi connectivity index (χ1v) is 14.4. The monoisotopic (exact) mass is 576 g/mol. The number of anilines is 2. The van der Waals surface area contributed by atoms with E-state index in [-0.39, 0.29) is 18.9 Å². The van der Waals surface area contributed by atoms with Crippen molar-refractivity contribution in [3.05, 3.63) is 88.6 Å². The van der Waals surface area contributed by atoms with Crippen molar-refractivity contribution in [3.8, 4) is 5.75 Å². The summed E-state index contributed by atoms with van der Waals surface area (Å²) in [6.07, 6.45) is 3.26. The van der Waals surface area contributed by atoms with Crippen LogP contribution in [-0.2, 0) is 30.5 Å². The van der Waals surface area contributed by atoms with Crippen LogP contribution in [0, 0.1) is 0 Å². The van der Waals surface area contributed by atoms with Crippen molar-refractivity contribution in [2.24, 2.45) is 0 Å². The lowest BCUT2D eigenvalue weighted by Crippen LogP contribution is -2.27. The molecule has 0 aliphatic rings. The van der Waals surface area contributed by atoms with Crippen LogP contribution < -0.4 is 15.4 Å². The Labute approximate surface area is 243 Å². The Bertz CT molecular complexity index is 1380. The quantitative estimate of drug-likeness (QED) is 0.121. The molecule has 0 aliphatic heterocycles. The summed E-state index contributed by atoms with van der Waals surface area (Å²) in [5.74, 6) is 0.954. The van der Waals surface area contributed by atoms with Gasteiger partial charge in [-0.1, -0.05) is 53.8 Å². The predicted octanol–water partition coefficient (Wildman–Crippen LogP) is 4.20. The standard InChI is InChI=1S/C30H36N6O4S/c1-30(2,39)20-40-24-13-8-11-22(17-24)19-27(38)32-29-36-35-28(41-29)14-7-6-12-23-15-16-25(34-33-23)31-26(37)18-21-9-4-3-5-10-21/h3-5,8-11,13,15-17,26,37,39H,6-7,12,14,18-20H2,1-2H3,(H,31,34)(H,32,36,38). The SMILES string of the molecule is CC(C)(O)COc1cccc(CC(=O)Nc2nnc(CCCCc3ccc(NC(O)Cc4ccccc4)nn3)s2)c1. The molecular weight excluding hydrogens is 540 g/mol. The number of ether oxygens (including phenoxy) is 1. The van der Waals surface area contributed by atoms with Crippen LogP contribution >= 0.6 is 11.3 Å². The van der Waals surface area contributed by atoms with Crippen molar-refractivity contribution in [1.82, 2.24) is 20.4 Å². The second kappa shape index (κ2) is 14.6. The van der Waals surface area contributed by atoms with Crippen LogP contribution in [0.25, 0.3) is 0 Å². The van der Waals surface area contributed by atoms with E-state index in [1.807, 2.05) is 54.6 Å². The molecule has 216 valence electrons. The summed E-state index contributed by atoms with van der Waals surface area (Å²) >= 11 is 1.37. The fourth-order valence-corrected chi connectivity index (χ4v) is 4.77. The number of nitrogens with zero attached hydrogens (tertiary/aromatic N) is 4. The maximum absolute atomic E-state index is 12.5. The van der Waals surface area contributed by atoms with Gasteiger partial charge in [-0.05, 0) is 68.5 Å². The largest absolute Gasteiger partial charge is 0.491 e. The van der Waals surface area contributed by atoms with Crippen LogP contribution in [0.3, 0.4) is 0 Å². The highest BCUT2D eigenvalue weighted by molar-refractivity contribution is 7.15. The summed E-state index contributed by atoms with van der Waals surface area (Å²) in [6.45, 7) is 3.51. The fraction of sp³-hybridized carbons (Fsp3) is 0.367. The van der Waals surface area contributed by atoms with E-state index in [4.69, 9.17) is 4.74 Å². The average molecular weight is 577 g/mol. The molecule has 2 heterocycles. The fourth-order valence-electron chi connectivity index (χ4n) is 3.97. The number of nitrogens with one attached hydrogen (secondary N) is 2. The number of aliphatic hydroxyl groups excluding tert-OH is 1. The normalized spacial score (nSPS) is 12.1. The van der Waals surface area contributed by atoms with Gasteiger partial charge in [0.1, 0.15) is 23.6 Å². The molecule has 10 nitrogen and oxygen atoms in total. The highest BCUT2D eigenvalue weighted by Gasteiger charge is 2.14. The molecule has 0 bridgehead atoms. The van der Waals surface area contributed by atoms with Crippen molar-refractivity contribution < 1.29 is 19.7 Å². The smallest absolute Gasteiger partial charge is 0.230 e. The lowest BCUT2D eigenvalue weighted by Gasteiger charge is -2.18. The summed E-state index contributed by atoms with van der Waals surface area (Å²) in [6, 6.07) is 20.8. The molecule has 11 heteroatoms. The molecule has 0 saturated carbocycles. The van der Waals surface area contributed by atoms with Gasteiger partial charge < -0.3 is 25.6 Å².